The molecule has 0 heterocycles. The smallest absolute Gasteiger partial charge is 0.127 e. The molecule has 0 aliphatic rings. The SMILES string of the molecule is CCC(N[C@H](C)c1ccccc1F)c1ccc(Cl)cc1. The van der Waals surface area contributed by atoms with Crippen LogP contribution in [0.5, 0.6) is 0 Å². The summed E-state index contributed by atoms with van der Waals surface area (Å²) in [6.07, 6.45) is 0.931. The zero-order valence-corrected chi connectivity index (χ0v) is 12.5. The van der Waals surface area contributed by atoms with E-state index < -0.39 is 0 Å². The Morgan fingerprint density at radius 1 is 1.10 bits per heavy atom. The van der Waals surface area contributed by atoms with Gasteiger partial charge in [-0.2, -0.15) is 0 Å². The summed E-state index contributed by atoms with van der Waals surface area (Å²) >= 11 is 5.91. The fourth-order valence-corrected chi connectivity index (χ4v) is 2.49. The molecule has 106 valence electrons. The van der Waals surface area contributed by atoms with Crippen LogP contribution in [0.15, 0.2) is 48.5 Å². The van der Waals surface area contributed by atoms with E-state index in [0.29, 0.717) is 5.56 Å². The number of halogens is 2. The molecule has 2 atom stereocenters. The minimum atomic E-state index is -0.168. The fraction of sp³-hybridized carbons (Fsp3) is 0.294. The number of hydrogen-bond acceptors (Lipinski definition) is 1. The van der Waals surface area contributed by atoms with Crippen LogP contribution in [0.4, 0.5) is 4.39 Å². The van der Waals surface area contributed by atoms with Crippen LogP contribution in [0.1, 0.15) is 43.5 Å². The molecule has 0 aliphatic heterocycles. The second kappa shape index (κ2) is 6.87. The molecule has 1 nitrogen and oxygen atoms in total. The van der Waals surface area contributed by atoms with Gasteiger partial charge >= 0.3 is 0 Å². The highest BCUT2D eigenvalue weighted by molar-refractivity contribution is 6.30. The molecule has 0 aromatic heterocycles. The van der Waals surface area contributed by atoms with Gasteiger partial charge in [0, 0.05) is 22.7 Å². The lowest BCUT2D eigenvalue weighted by Crippen LogP contribution is -2.24. The summed E-state index contributed by atoms with van der Waals surface area (Å²) in [6, 6.07) is 14.8. The largest absolute Gasteiger partial charge is 0.303 e. The Balaban J connectivity index is 2.14. The first-order chi connectivity index (χ1) is 9.61. The fourth-order valence-electron chi connectivity index (χ4n) is 2.36. The van der Waals surface area contributed by atoms with Gasteiger partial charge in [0.05, 0.1) is 0 Å². The molecule has 1 N–H and O–H groups in total. The van der Waals surface area contributed by atoms with Gasteiger partial charge in [-0.15, -0.1) is 0 Å². The number of nitrogens with one attached hydrogen (secondary N) is 1. The highest BCUT2D eigenvalue weighted by Gasteiger charge is 2.15. The zero-order chi connectivity index (χ0) is 14.5. The normalized spacial score (nSPS) is 14.0. The van der Waals surface area contributed by atoms with E-state index in [4.69, 9.17) is 11.6 Å². The van der Waals surface area contributed by atoms with Crippen molar-refractivity contribution in [3.05, 3.63) is 70.5 Å². The molecule has 0 bridgehead atoms. The molecular formula is C17H19ClFN. The van der Waals surface area contributed by atoms with Gasteiger partial charge < -0.3 is 5.32 Å². The predicted octanol–water partition coefficient (Wildman–Crippen LogP) is 5.28. The maximum absolute atomic E-state index is 13.8. The monoisotopic (exact) mass is 291 g/mol. The van der Waals surface area contributed by atoms with Gasteiger partial charge in [0.15, 0.2) is 0 Å². The van der Waals surface area contributed by atoms with Crippen molar-refractivity contribution in [2.75, 3.05) is 0 Å². The summed E-state index contributed by atoms with van der Waals surface area (Å²) in [5.41, 5.74) is 1.86. The summed E-state index contributed by atoms with van der Waals surface area (Å²) < 4.78 is 13.8. The van der Waals surface area contributed by atoms with Gasteiger partial charge in [-0.05, 0) is 37.1 Å². The lowest BCUT2D eigenvalue weighted by Gasteiger charge is -2.23. The maximum atomic E-state index is 13.8. The Kier molecular flexibility index (Phi) is 5.16. The van der Waals surface area contributed by atoms with Gasteiger partial charge in [0.2, 0.25) is 0 Å². The first-order valence-electron chi connectivity index (χ1n) is 6.87. The Morgan fingerprint density at radius 2 is 1.75 bits per heavy atom. The molecule has 2 rings (SSSR count). The van der Waals surface area contributed by atoms with Crippen molar-refractivity contribution in [2.45, 2.75) is 32.4 Å². The molecule has 0 spiro atoms. The van der Waals surface area contributed by atoms with Gasteiger partial charge in [0.1, 0.15) is 5.82 Å². The average molecular weight is 292 g/mol. The Labute approximate surface area is 124 Å². The third-order valence-corrected chi connectivity index (χ3v) is 3.76. The van der Waals surface area contributed by atoms with E-state index in [9.17, 15) is 4.39 Å². The topological polar surface area (TPSA) is 12.0 Å². The highest BCUT2D eigenvalue weighted by atomic mass is 35.5. The summed E-state index contributed by atoms with van der Waals surface area (Å²) in [7, 11) is 0. The predicted molar refractivity (Wildman–Crippen MR) is 82.4 cm³/mol. The molecule has 2 aromatic carbocycles. The van der Waals surface area contributed by atoms with Crippen molar-refractivity contribution in [3.8, 4) is 0 Å². The molecule has 20 heavy (non-hydrogen) atoms. The van der Waals surface area contributed by atoms with Crippen molar-refractivity contribution in [3.63, 3.8) is 0 Å². The average Bonchev–Trinajstić information content (AvgIpc) is 2.46. The molecule has 0 saturated heterocycles. The third-order valence-electron chi connectivity index (χ3n) is 3.50. The van der Waals surface area contributed by atoms with E-state index in [1.54, 1.807) is 6.07 Å². The van der Waals surface area contributed by atoms with Crippen LogP contribution in [-0.2, 0) is 0 Å². The van der Waals surface area contributed by atoms with Gasteiger partial charge in [-0.1, -0.05) is 48.9 Å². The Hall–Kier alpha value is -1.38. The molecule has 0 amide bonds. The van der Waals surface area contributed by atoms with Crippen LogP contribution >= 0.6 is 11.6 Å². The van der Waals surface area contributed by atoms with Crippen molar-refractivity contribution >= 4 is 11.6 Å². The minimum Gasteiger partial charge on any atom is -0.303 e. The van der Waals surface area contributed by atoms with Crippen molar-refractivity contribution in [2.24, 2.45) is 0 Å². The van der Waals surface area contributed by atoms with Crippen LogP contribution in [0, 0.1) is 5.82 Å². The second-order valence-electron chi connectivity index (χ2n) is 4.92. The lowest BCUT2D eigenvalue weighted by molar-refractivity contribution is 0.443. The summed E-state index contributed by atoms with van der Waals surface area (Å²) in [5.74, 6) is -0.168. The maximum Gasteiger partial charge on any atom is 0.127 e. The van der Waals surface area contributed by atoms with Crippen molar-refractivity contribution in [1.82, 2.24) is 5.32 Å². The first kappa shape index (κ1) is 15.0. The number of benzene rings is 2. The quantitative estimate of drug-likeness (QED) is 0.790. The zero-order valence-electron chi connectivity index (χ0n) is 11.7. The van der Waals surface area contributed by atoms with E-state index in [2.05, 4.69) is 12.2 Å². The van der Waals surface area contributed by atoms with Crippen molar-refractivity contribution < 1.29 is 4.39 Å². The van der Waals surface area contributed by atoms with Gasteiger partial charge in [-0.25, -0.2) is 4.39 Å². The summed E-state index contributed by atoms with van der Waals surface area (Å²) in [6.45, 7) is 4.09. The molecule has 0 aliphatic carbocycles. The van der Waals surface area contributed by atoms with E-state index in [0.717, 1.165) is 11.4 Å². The molecule has 3 heteroatoms. The highest BCUT2D eigenvalue weighted by Crippen LogP contribution is 2.24. The van der Waals surface area contributed by atoms with Gasteiger partial charge in [0.25, 0.3) is 0 Å². The van der Waals surface area contributed by atoms with E-state index >= 15 is 0 Å². The molecule has 0 radical (unpaired) electrons. The minimum absolute atomic E-state index is 0.0446. The van der Waals surface area contributed by atoms with Crippen LogP contribution in [-0.4, -0.2) is 0 Å². The van der Waals surface area contributed by atoms with Crippen LogP contribution < -0.4 is 5.32 Å². The molecule has 2 aromatic rings. The van der Waals surface area contributed by atoms with Crippen LogP contribution in [0.3, 0.4) is 0 Å². The van der Waals surface area contributed by atoms with Crippen molar-refractivity contribution in [1.29, 1.82) is 0 Å². The lowest BCUT2D eigenvalue weighted by atomic mass is 10.0. The molecule has 0 fully saturated rings. The third kappa shape index (κ3) is 3.59. The summed E-state index contributed by atoms with van der Waals surface area (Å²) in [4.78, 5) is 0. The molecule has 0 saturated carbocycles. The summed E-state index contributed by atoms with van der Waals surface area (Å²) in [5, 5.41) is 4.20. The first-order valence-corrected chi connectivity index (χ1v) is 7.25. The number of hydrogen-bond donors (Lipinski definition) is 1. The Bertz CT molecular complexity index is 553. The van der Waals surface area contributed by atoms with Gasteiger partial charge in [-0.3, -0.25) is 0 Å². The van der Waals surface area contributed by atoms with E-state index in [1.807, 2.05) is 43.3 Å². The Morgan fingerprint density at radius 3 is 2.35 bits per heavy atom. The van der Waals surface area contributed by atoms with Crippen LogP contribution in [0.2, 0.25) is 5.02 Å². The van der Waals surface area contributed by atoms with E-state index in [-0.39, 0.29) is 17.9 Å². The number of rotatable bonds is 5. The van der Waals surface area contributed by atoms with Crippen LogP contribution in [0.25, 0.3) is 0 Å². The molecular weight excluding hydrogens is 273 g/mol. The molecule has 1 unspecified atom stereocenters. The van der Waals surface area contributed by atoms with E-state index in [1.165, 1.54) is 11.6 Å². The standard InChI is InChI=1S/C17H19ClFN/c1-3-17(13-8-10-14(18)11-9-13)20-12(2)15-6-4-5-7-16(15)19/h4-12,17,20H,3H2,1-2H3/t12-,17?/m1/s1. The second-order valence-corrected chi connectivity index (χ2v) is 5.36.